The summed E-state index contributed by atoms with van der Waals surface area (Å²) in [6.07, 6.45) is 8.83. The van der Waals surface area contributed by atoms with Gasteiger partial charge in [0.2, 0.25) is 5.91 Å². The standard InChI is InChI=1S/C13H18N6O/c1-11(19-10-14-9-16-19)13(20)17-6-2-4-12(8-17)18-7-3-5-15-18/h3,5,7,9-12H,2,4,6,8H2,1H3/t11-,12+/m1/s1. The molecule has 7 heteroatoms. The molecule has 1 amide bonds. The summed E-state index contributed by atoms with van der Waals surface area (Å²) in [5.74, 6) is 0.0901. The maximum atomic E-state index is 12.5. The van der Waals surface area contributed by atoms with Crippen LogP contribution in [0.4, 0.5) is 0 Å². The van der Waals surface area contributed by atoms with Gasteiger partial charge in [0.05, 0.1) is 6.04 Å². The lowest BCUT2D eigenvalue weighted by Gasteiger charge is -2.34. The highest BCUT2D eigenvalue weighted by Gasteiger charge is 2.28. The number of likely N-dealkylation sites (tertiary alicyclic amines) is 1. The van der Waals surface area contributed by atoms with E-state index in [4.69, 9.17) is 0 Å². The molecule has 2 atom stereocenters. The maximum Gasteiger partial charge on any atom is 0.247 e. The Morgan fingerprint density at radius 3 is 3.00 bits per heavy atom. The van der Waals surface area contributed by atoms with Gasteiger partial charge in [-0.2, -0.15) is 10.2 Å². The van der Waals surface area contributed by atoms with Crippen LogP contribution in [0, 0.1) is 0 Å². The largest absolute Gasteiger partial charge is 0.339 e. The summed E-state index contributed by atoms with van der Waals surface area (Å²) >= 11 is 0. The number of carbonyl (C=O) groups excluding carboxylic acids is 1. The molecular weight excluding hydrogens is 256 g/mol. The molecule has 0 radical (unpaired) electrons. The van der Waals surface area contributed by atoms with Crippen LogP contribution < -0.4 is 0 Å². The van der Waals surface area contributed by atoms with E-state index in [1.807, 2.05) is 28.8 Å². The molecule has 0 spiro atoms. The molecule has 1 aliphatic rings. The SMILES string of the molecule is C[C@H](C(=O)N1CCC[C@H](n2cccn2)C1)n1cncn1. The summed E-state index contributed by atoms with van der Waals surface area (Å²) in [6, 6.07) is 1.87. The third-order valence-electron chi connectivity index (χ3n) is 3.80. The first-order valence-electron chi connectivity index (χ1n) is 6.87. The number of hydrogen-bond donors (Lipinski definition) is 0. The number of nitrogens with zero attached hydrogens (tertiary/aromatic N) is 6. The van der Waals surface area contributed by atoms with E-state index >= 15 is 0 Å². The van der Waals surface area contributed by atoms with Gasteiger partial charge in [0.1, 0.15) is 18.7 Å². The van der Waals surface area contributed by atoms with Gasteiger partial charge in [-0.3, -0.25) is 9.48 Å². The van der Waals surface area contributed by atoms with Crippen LogP contribution in [0.5, 0.6) is 0 Å². The fourth-order valence-corrected chi connectivity index (χ4v) is 2.66. The Morgan fingerprint density at radius 2 is 2.30 bits per heavy atom. The molecule has 2 aromatic rings. The number of rotatable bonds is 3. The van der Waals surface area contributed by atoms with Crippen LogP contribution in [0.2, 0.25) is 0 Å². The Kier molecular flexibility index (Phi) is 3.49. The molecule has 1 fully saturated rings. The fourth-order valence-electron chi connectivity index (χ4n) is 2.66. The molecule has 0 unspecified atom stereocenters. The molecule has 0 aromatic carbocycles. The molecule has 0 N–H and O–H groups in total. The Bertz CT molecular complexity index is 549. The maximum absolute atomic E-state index is 12.5. The zero-order valence-corrected chi connectivity index (χ0v) is 11.5. The molecule has 1 saturated heterocycles. The minimum Gasteiger partial charge on any atom is -0.339 e. The van der Waals surface area contributed by atoms with Crippen molar-refractivity contribution in [1.29, 1.82) is 0 Å². The van der Waals surface area contributed by atoms with Gasteiger partial charge in [0, 0.05) is 25.5 Å². The van der Waals surface area contributed by atoms with Gasteiger partial charge < -0.3 is 4.90 Å². The van der Waals surface area contributed by atoms with Gasteiger partial charge in [-0.25, -0.2) is 9.67 Å². The van der Waals surface area contributed by atoms with Crippen LogP contribution in [0.1, 0.15) is 31.8 Å². The van der Waals surface area contributed by atoms with Crippen molar-refractivity contribution in [2.75, 3.05) is 13.1 Å². The minimum absolute atomic E-state index is 0.0901. The number of hydrogen-bond acceptors (Lipinski definition) is 4. The second-order valence-electron chi connectivity index (χ2n) is 5.12. The van der Waals surface area contributed by atoms with Gasteiger partial charge >= 0.3 is 0 Å². The molecular formula is C13H18N6O. The van der Waals surface area contributed by atoms with Crippen molar-refractivity contribution >= 4 is 5.91 Å². The predicted molar refractivity (Wildman–Crippen MR) is 71.8 cm³/mol. The summed E-state index contributed by atoms with van der Waals surface area (Å²) < 4.78 is 3.54. The number of carbonyl (C=O) groups is 1. The van der Waals surface area contributed by atoms with E-state index in [1.54, 1.807) is 17.2 Å². The Balaban J connectivity index is 1.69. The summed E-state index contributed by atoms with van der Waals surface area (Å²) in [5, 5.41) is 8.32. The molecule has 0 bridgehead atoms. The molecule has 0 saturated carbocycles. The van der Waals surface area contributed by atoms with Crippen LogP contribution >= 0.6 is 0 Å². The highest BCUT2D eigenvalue weighted by atomic mass is 16.2. The number of amides is 1. The lowest BCUT2D eigenvalue weighted by atomic mass is 10.1. The quantitative estimate of drug-likeness (QED) is 0.834. The van der Waals surface area contributed by atoms with Crippen LogP contribution in [-0.4, -0.2) is 48.4 Å². The summed E-state index contributed by atoms with van der Waals surface area (Å²) in [5.41, 5.74) is 0. The zero-order chi connectivity index (χ0) is 13.9. The molecule has 7 nitrogen and oxygen atoms in total. The van der Waals surface area contributed by atoms with Crippen molar-refractivity contribution < 1.29 is 4.79 Å². The molecule has 2 aromatic heterocycles. The minimum atomic E-state index is -0.311. The first kappa shape index (κ1) is 12.8. The summed E-state index contributed by atoms with van der Waals surface area (Å²) in [6.45, 7) is 3.36. The van der Waals surface area contributed by atoms with Crippen LogP contribution in [0.15, 0.2) is 31.1 Å². The van der Waals surface area contributed by atoms with E-state index in [9.17, 15) is 4.79 Å². The van der Waals surface area contributed by atoms with Gasteiger partial charge in [0.15, 0.2) is 0 Å². The Morgan fingerprint density at radius 1 is 1.40 bits per heavy atom. The summed E-state index contributed by atoms with van der Waals surface area (Å²) in [4.78, 5) is 18.3. The van der Waals surface area contributed by atoms with Crippen molar-refractivity contribution in [2.24, 2.45) is 0 Å². The van der Waals surface area contributed by atoms with Crippen molar-refractivity contribution in [3.05, 3.63) is 31.1 Å². The first-order chi connectivity index (χ1) is 9.75. The molecule has 106 valence electrons. The highest BCUT2D eigenvalue weighted by Crippen LogP contribution is 2.22. The second kappa shape index (κ2) is 5.44. The average molecular weight is 274 g/mol. The van der Waals surface area contributed by atoms with E-state index in [-0.39, 0.29) is 18.0 Å². The van der Waals surface area contributed by atoms with Crippen molar-refractivity contribution in [3.8, 4) is 0 Å². The molecule has 1 aliphatic heterocycles. The predicted octanol–water partition coefficient (Wildman–Crippen LogP) is 0.899. The monoisotopic (exact) mass is 274 g/mol. The second-order valence-corrected chi connectivity index (χ2v) is 5.12. The van der Waals surface area contributed by atoms with Gasteiger partial charge in [-0.15, -0.1) is 0 Å². The van der Waals surface area contributed by atoms with Crippen molar-refractivity contribution in [1.82, 2.24) is 29.4 Å². The van der Waals surface area contributed by atoms with Crippen LogP contribution in [0.3, 0.4) is 0 Å². The zero-order valence-electron chi connectivity index (χ0n) is 11.5. The van der Waals surface area contributed by atoms with Gasteiger partial charge in [-0.1, -0.05) is 0 Å². The molecule has 0 aliphatic carbocycles. The molecule has 3 heterocycles. The molecule has 3 rings (SSSR count). The lowest BCUT2D eigenvalue weighted by molar-refractivity contribution is -0.136. The van der Waals surface area contributed by atoms with E-state index in [0.717, 1.165) is 19.4 Å². The topological polar surface area (TPSA) is 68.8 Å². The van der Waals surface area contributed by atoms with E-state index < -0.39 is 0 Å². The normalized spacial score (nSPS) is 20.9. The van der Waals surface area contributed by atoms with E-state index in [2.05, 4.69) is 15.2 Å². The summed E-state index contributed by atoms with van der Waals surface area (Å²) in [7, 11) is 0. The third-order valence-corrected chi connectivity index (χ3v) is 3.80. The lowest BCUT2D eigenvalue weighted by Crippen LogP contribution is -2.43. The Hall–Kier alpha value is -2.18. The number of piperidine rings is 1. The average Bonchev–Trinajstić information content (AvgIpc) is 3.18. The highest BCUT2D eigenvalue weighted by molar-refractivity contribution is 5.80. The van der Waals surface area contributed by atoms with Crippen molar-refractivity contribution in [2.45, 2.75) is 31.8 Å². The Labute approximate surface area is 117 Å². The fraction of sp³-hybridized carbons (Fsp3) is 0.538. The first-order valence-corrected chi connectivity index (χ1v) is 6.87. The van der Waals surface area contributed by atoms with E-state index in [0.29, 0.717) is 6.54 Å². The third kappa shape index (κ3) is 2.43. The van der Waals surface area contributed by atoms with Gasteiger partial charge in [0.25, 0.3) is 0 Å². The van der Waals surface area contributed by atoms with Crippen molar-refractivity contribution in [3.63, 3.8) is 0 Å². The molecule has 20 heavy (non-hydrogen) atoms. The van der Waals surface area contributed by atoms with Crippen LogP contribution in [-0.2, 0) is 4.79 Å². The van der Waals surface area contributed by atoms with Gasteiger partial charge in [-0.05, 0) is 25.8 Å². The van der Waals surface area contributed by atoms with Crippen LogP contribution in [0.25, 0.3) is 0 Å². The van der Waals surface area contributed by atoms with E-state index in [1.165, 1.54) is 6.33 Å². The smallest absolute Gasteiger partial charge is 0.247 e. The number of aromatic nitrogens is 5.